The molecular weight excluding hydrogens is 494 g/mol. The van der Waals surface area contributed by atoms with Crippen LogP contribution >= 0.6 is 11.8 Å². The van der Waals surface area contributed by atoms with Gasteiger partial charge in [-0.2, -0.15) is 11.8 Å². The summed E-state index contributed by atoms with van der Waals surface area (Å²) in [5.41, 5.74) is 0.961. The number of hydrogen-bond donors (Lipinski definition) is 2. The highest BCUT2D eigenvalue weighted by Gasteiger charge is 2.38. The van der Waals surface area contributed by atoms with Crippen LogP contribution in [0.15, 0.2) is 24.3 Å². The molecule has 0 spiro atoms. The van der Waals surface area contributed by atoms with Gasteiger partial charge in [-0.25, -0.2) is 4.79 Å². The predicted molar refractivity (Wildman–Crippen MR) is 146 cm³/mol. The molecule has 0 bridgehead atoms. The van der Waals surface area contributed by atoms with Gasteiger partial charge in [-0.1, -0.05) is 38.1 Å². The molecule has 0 radical (unpaired) electrons. The van der Waals surface area contributed by atoms with Crippen molar-refractivity contribution in [1.29, 1.82) is 0 Å². The monoisotopic (exact) mass is 537 g/mol. The van der Waals surface area contributed by atoms with Gasteiger partial charge in [-0.15, -0.1) is 0 Å². The summed E-state index contributed by atoms with van der Waals surface area (Å²) >= 11 is 1.55. The summed E-state index contributed by atoms with van der Waals surface area (Å²) in [5, 5.41) is 5.32. The van der Waals surface area contributed by atoms with E-state index < -0.39 is 41.6 Å². The number of esters is 1. The third-order valence-electron chi connectivity index (χ3n) is 5.78. The highest BCUT2D eigenvalue weighted by molar-refractivity contribution is 7.98. The number of benzene rings is 1. The molecule has 0 aliphatic rings. The Morgan fingerprint density at radius 2 is 1.70 bits per heavy atom. The molecule has 0 aliphatic carbocycles. The van der Waals surface area contributed by atoms with E-state index in [1.807, 2.05) is 51.3 Å². The molecule has 0 aromatic heterocycles. The number of methoxy groups -OCH3 is 1. The van der Waals surface area contributed by atoms with E-state index in [1.165, 1.54) is 12.0 Å². The molecule has 208 valence electrons. The molecule has 3 amide bonds. The molecule has 2 N–H and O–H groups in total. The predicted octanol–water partition coefficient (Wildman–Crippen LogP) is 3.85. The van der Waals surface area contributed by atoms with Crippen molar-refractivity contribution < 1.29 is 28.7 Å². The maximum Gasteiger partial charge on any atom is 0.408 e. The third-order valence-corrected chi connectivity index (χ3v) is 6.43. The number of amides is 3. The lowest BCUT2D eigenvalue weighted by Crippen LogP contribution is -2.55. The van der Waals surface area contributed by atoms with Crippen molar-refractivity contribution in [3.63, 3.8) is 0 Å². The highest BCUT2D eigenvalue weighted by atomic mass is 32.2. The lowest BCUT2D eigenvalue weighted by molar-refractivity contribution is -0.146. The van der Waals surface area contributed by atoms with Gasteiger partial charge in [-0.05, 0) is 70.1 Å². The van der Waals surface area contributed by atoms with Crippen LogP contribution in [0.3, 0.4) is 0 Å². The van der Waals surface area contributed by atoms with Crippen LogP contribution in [0.2, 0.25) is 0 Å². The maximum absolute atomic E-state index is 14.1. The number of alkyl carbamates (subject to hydrolysis) is 1. The zero-order valence-electron chi connectivity index (χ0n) is 23.4. The van der Waals surface area contributed by atoms with E-state index in [-0.39, 0.29) is 12.6 Å². The first-order valence-electron chi connectivity index (χ1n) is 12.6. The highest BCUT2D eigenvalue weighted by Crippen LogP contribution is 2.27. The zero-order chi connectivity index (χ0) is 28.2. The number of rotatable bonds is 13. The van der Waals surface area contributed by atoms with Crippen molar-refractivity contribution in [2.24, 2.45) is 0 Å². The first kappa shape index (κ1) is 32.3. The number of nitrogens with zero attached hydrogens (tertiary/aromatic N) is 1. The first-order valence-corrected chi connectivity index (χ1v) is 14.0. The molecule has 37 heavy (non-hydrogen) atoms. The molecule has 0 saturated carbocycles. The smallest absolute Gasteiger partial charge is 0.408 e. The van der Waals surface area contributed by atoms with Crippen LogP contribution in [-0.4, -0.2) is 72.1 Å². The molecule has 1 rings (SSSR count). The second kappa shape index (κ2) is 15.5. The van der Waals surface area contributed by atoms with Gasteiger partial charge in [0.25, 0.3) is 0 Å². The fraction of sp³-hybridized carbons (Fsp3) is 0.630. The lowest BCUT2D eigenvalue weighted by atomic mass is 9.98. The molecule has 1 aromatic carbocycles. The minimum Gasteiger partial charge on any atom is -0.468 e. The van der Waals surface area contributed by atoms with Crippen molar-refractivity contribution in [3.05, 3.63) is 35.4 Å². The van der Waals surface area contributed by atoms with Crippen LogP contribution in [0.25, 0.3) is 0 Å². The van der Waals surface area contributed by atoms with Gasteiger partial charge >= 0.3 is 12.1 Å². The fourth-order valence-electron chi connectivity index (χ4n) is 3.62. The second-order valence-corrected chi connectivity index (χ2v) is 10.8. The molecule has 1 aromatic rings. The van der Waals surface area contributed by atoms with Gasteiger partial charge in [0.15, 0.2) is 0 Å². The van der Waals surface area contributed by atoms with Crippen molar-refractivity contribution in [1.82, 2.24) is 15.5 Å². The summed E-state index contributed by atoms with van der Waals surface area (Å²) in [6.45, 7) is 10.7. The maximum atomic E-state index is 14.1. The van der Waals surface area contributed by atoms with E-state index in [4.69, 9.17) is 4.74 Å². The molecule has 3 atom stereocenters. The number of carbonyl (C=O) groups is 4. The molecule has 0 fully saturated rings. The van der Waals surface area contributed by atoms with Gasteiger partial charge in [0.2, 0.25) is 11.8 Å². The van der Waals surface area contributed by atoms with Crippen molar-refractivity contribution in [2.45, 2.75) is 84.5 Å². The summed E-state index contributed by atoms with van der Waals surface area (Å²) in [6.07, 6.45) is 2.97. The van der Waals surface area contributed by atoms with E-state index in [0.29, 0.717) is 24.2 Å². The summed E-state index contributed by atoms with van der Waals surface area (Å²) in [5.74, 6) is -0.888. The van der Waals surface area contributed by atoms with Crippen LogP contribution in [0.5, 0.6) is 0 Å². The van der Waals surface area contributed by atoms with Gasteiger partial charge < -0.3 is 25.0 Å². The number of nitrogens with one attached hydrogen (secondary N) is 2. The molecular formula is C27H43N3O6S. The quantitative estimate of drug-likeness (QED) is 0.367. The molecule has 0 aliphatic heterocycles. The largest absolute Gasteiger partial charge is 0.468 e. The Labute approximate surface area is 225 Å². The lowest BCUT2D eigenvalue weighted by Gasteiger charge is -2.38. The van der Waals surface area contributed by atoms with Crippen LogP contribution in [0.4, 0.5) is 4.79 Å². The van der Waals surface area contributed by atoms with Gasteiger partial charge in [0.1, 0.15) is 24.2 Å². The summed E-state index contributed by atoms with van der Waals surface area (Å²) < 4.78 is 10.1. The van der Waals surface area contributed by atoms with Crippen LogP contribution < -0.4 is 10.6 Å². The van der Waals surface area contributed by atoms with Gasteiger partial charge in [0.05, 0.1) is 7.11 Å². The minimum atomic E-state index is -1.02. The molecule has 0 heterocycles. The Morgan fingerprint density at radius 1 is 1.08 bits per heavy atom. The van der Waals surface area contributed by atoms with Gasteiger partial charge in [0, 0.05) is 6.04 Å². The zero-order valence-corrected chi connectivity index (χ0v) is 24.2. The Hall–Kier alpha value is -2.75. The molecule has 9 nitrogen and oxygen atoms in total. The van der Waals surface area contributed by atoms with Crippen LogP contribution in [0.1, 0.15) is 71.6 Å². The fourth-order valence-corrected chi connectivity index (χ4v) is 4.09. The number of hydrogen-bond acceptors (Lipinski definition) is 7. The number of thioether (sulfide) groups is 1. The molecule has 10 heteroatoms. The second-order valence-electron chi connectivity index (χ2n) is 9.77. The average molecular weight is 538 g/mol. The normalized spacial score (nSPS) is 13.6. The van der Waals surface area contributed by atoms with Crippen molar-refractivity contribution >= 4 is 35.6 Å². The van der Waals surface area contributed by atoms with E-state index >= 15 is 0 Å². The number of ether oxygens (including phenoxy) is 2. The number of aryl methyl sites for hydroxylation is 1. The Balaban J connectivity index is 3.50. The third kappa shape index (κ3) is 10.6. The van der Waals surface area contributed by atoms with Crippen LogP contribution in [-0.2, 0) is 30.3 Å². The van der Waals surface area contributed by atoms with Crippen molar-refractivity contribution in [2.75, 3.05) is 25.7 Å². The summed E-state index contributed by atoms with van der Waals surface area (Å²) in [4.78, 5) is 53.4. The minimum absolute atomic E-state index is 0.326. The standard InChI is InChI=1S/C27H43N3O6S/c1-9-18(3)30(25(33)21(15-16-37-8)29-26(34)36-27(4,5)6)23(24(32)28-17-22(31)35-7)20-13-11-19(10-2)12-14-20/h11-14,18,21,23H,9-10,15-17H2,1-8H3,(H,28,32)(H,29,34). The summed E-state index contributed by atoms with van der Waals surface area (Å²) in [7, 11) is 1.24. The molecule has 0 saturated heterocycles. The van der Waals surface area contributed by atoms with E-state index in [0.717, 1.165) is 12.0 Å². The van der Waals surface area contributed by atoms with E-state index in [9.17, 15) is 19.2 Å². The van der Waals surface area contributed by atoms with E-state index in [1.54, 1.807) is 32.5 Å². The van der Waals surface area contributed by atoms with Gasteiger partial charge in [-0.3, -0.25) is 14.4 Å². The number of carbonyl (C=O) groups excluding carboxylic acids is 4. The Kier molecular flexibility index (Phi) is 13.5. The SMILES string of the molecule is CCc1ccc(C(C(=O)NCC(=O)OC)N(C(=O)C(CCSC)NC(=O)OC(C)(C)C)C(C)CC)cc1. The topological polar surface area (TPSA) is 114 Å². The first-order chi connectivity index (χ1) is 17.4. The summed E-state index contributed by atoms with van der Waals surface area (Å²) in [6, 6.07) is 5.21. The Bertz CT molecular complexity index is 900. The Morgan fingerprint density at radius 3 is 2.19 bits per heavy atom. The average Bonchev–Trinajstić information content (AvgIpc) is 2.86. The van der Waals surface area contributed by atoms with Crippen molar-refractivity contribution in [3.8, 4) is 0 Å². The molecule has 3 unspecified atom stereocenters. The van der Waals surface area contributed by atoms with E-state index in [2.05, 4.69) is 15.4 Å². The van der Waals surface area contributed by atoms with Crippen LogP contribution in [0, 0.1) is 0 Å².